The number of guanidine groups is 1. The summed E-state index contributed by atoms with van der Waals surface area (Å²) < 4.78 is 1.83. The first kappa shape index (κ1) is 19.8. The third-order valence-corrected chi connectivity index (χ3v) is 4.70. The van der Waals surface area contributed by atoms with E-state index in [4.69, 9.17) is 0 Å². The van der Waals surface area contributed by atoms with Gasteiger partial charge in [0.2, 0.25) is 0 Å². The fourth-order valence-electron chi connectivity index (χ4n) is 3.37. The Kier molecular flexibility index (Phi) is 7.74. The summed E-state index contributed by atoms with van der Waals surface area (Å²) in [5.41, 5.74) is 2.63. The zero-order valence-electron chi connectivity index (χ0n) is 15.1. The molecule has 0 atom stereocenters. The van der Waals surface area contributed by atoms with Crippen molar-refractivity contribution >= 4 is 29.9 Å². The van der Waals surface area contributed by atoms with E-state index in [0.717, 1.165) is 31.5 Å². The second kappa shape index (κ2) is 9.79. The number of hydrogen-bond acceptors (Lipinski definition) is 2. The van der Waals surface area contributed by atoms with Gasteiger partial charge in [0.1, 0.15) is 0 Å². The summed E-state index contributed by atoms with van der Waals surface area (Å²) in [6.07, 6.45) is 7.57. The van der Waals surface area contributed by atoms with Gasteiger partial charge in [0, 0.05) is 45.5 Å². The van der Waals surface area contributed by atoms with Gasteiger partial charge < -0.3 is 10.2 Å². The first-order valence-corrected chi connectivity index (χ1v) is 8.71. The SMILES string of the molecule is CN=C(NCc1cnn(C)c1)N1CCC(Cc2ccccc2)CC1.I. The molecule has 0 unspecified atom stereocenters. The molecule has 1 aliphatic heterocycles. The number of hydrogen-bond donors (Lipinski definition) is 1. The smallest absolute Gasteiger partial charge is 0.193 e. The first-order chi connectivity index (χ1) is 11.7. The number of likely N-dealkylation sites (tertiary alicyclic amines) is 1. The Balaban J connectivity index is 0.00000225. The molecule has 1 fully saturated rings. The fourth-order valence-corrected chi connectivity index (χ4v) is 3.37. The standard InChI is InChI=1S/C19H27N5.HI/c1-20-19(21-13-18-14-22-23(2)15-18)24-10-8-17(9-11-24)12-16-6-4-3-5-7-16;/h3-7,14-15,17H,8-13H2,1-2H3,(H,20,21);1H. The number of piperidine rings is 1. The summed E-state index contributed by atoms with van der Waals surface area (Å²) in [7, 11) is 3.80. The van der Waals surface area contributed by atoms with Crippen LogP contribution < -0.4 is 5.32 Å². The molecule has 1 aromatic heterocycles. The fraction of sp³-hybridized carbons (Fsp3) is 0.474. The van der Waals surface area contributed by atoms with Gasteiger partial charge in [-0.3, -0.25) is 9.67 Å². The van der Waals surface area contributed by atoms with Gasteiger partial charge in [0.05, 0.1) is 6.20 Å². The summed E-state index contributed by atoms with van der Waals surface area (Å²) >= 11 is 0. The number of halogens is 1. The monoisotopic (exact) mass is 453 g/mol. The van der Waals surface area contributed by atoms with Crippen molar-refractivity contribution in [1.29, 1.82) is 0 Å². The predicted molar refractivity (Wildman–Crippen MR) is 113 cm³/mol. The Morgan fingerprint density at radius 1 is 1.20 bits per heavy atom. The minimum Gasteiger partial charge on any atom is -0.352 e. The van der Waals surface area contributed by atoms with E-state index in [9.17, 15) is 0 Å². The van der Waals surface area contributed by atoms with Crippen LogP contribution in [-0.4, -0.2) is 40.8 Å². The number of aliphatic imine (C=N–C) groups is 1. The molecule has 136 valence electrons. The minimum atomic E-state index is 0. The average Bonchev–Trinajstić information content (AvgIpc) is 3.03. The normalized spacial score (nSPS) is 15.8. The molecule has 1 saturated heterocycles. The molecule has 6 heteroatoms. The molecule has 0 amide bonds. The highest BCUT2D eigenvalue weighted by Gasteiger charge is 2.21. The van der Waals surface area contributed by atoms with Gasteiger partial charge in [-0.05, 0) is 30.7 Å². The third kappa shape index (κ3) is 5.73. The minimum absolute atomic E-state index is 0. The van der Waals surface area contributed by atoms with Crippen LogP contribution in [0.3, 0.4) is 0 Å². The molecular weight excluding hydrogens is 425 g/mol. The van der Waals surface area contributed by atoms with E-state index < -0.39 is 0 Å². The van der Waals surface area contributed by atoms with Crippen molar-refractivity contribution < 1.29 is 0 Å². The van der Waals surface area contributed by atoms with Gasteiger partial charge in [-0.1, -0.05) is 30.3 Å². The summed E-state index contributed by atoms with van der Waals surface area (Å²) in [5.74, 6) is 1.78. The summed E-state index contributed by atoms with van der Waals surface area (Å²) in [5, 5.41) is 7.66. The number of nitrogens with one attached hydrogen (secondary N) is 1. The second-order valence-corrected chi connectivity index (χ2v) is 6.54. The van der Waals surface area contributed by atoms with Gasteiger partial charge in [-0.2, -0.15) is 5.10 Å². The van der Waals surface area contributed by atoms with Crippen molar-refractivity contribution in [1.82, 2.24) is 20.0 Å². The van der Waals surface area contributed by atoms with E-state index in [2.05, 4.69) is 50.6 Å². The Bertz CT molecular complexity index is 659. The highest BCUT2D eigenvalue weighted by molar-refractivity contribution is 14.0. The van der Waals surface area contributed by atoms with E-state index in [-0.39, 0.29) is 24.0 Å². The number of rotatable bonds is 4. The number of aromatic nitrogens is 2. The van der Waals surface area contributed by atoms with Crippen LogP contribution in [0.5, 0.6) is 0 Å². The zero-order valence-corrected chi connectivity index (χ0v) is 17.4. The van der Waals surface area contributed by atoms with Gasteiger partial charge in [0.25, 0.3) is 0 Å². The van der Waals surface area contributed by atoms with Crippen LogP contribution in [0.15, 0.2) is 47.7 Å². The van der Waals surface area contributed by atoms with Crippen molar-refractivity contribution in [2.45, 2.75) is 25.8 Å². The molecule has 2 aromatic rings. The third-order valence-electron chi connectivity index (χ3n) is 4.70. The van der Waals surface area contributed by atoms with Crippen LogP contribution in [-0.2, 0) is 20.0 Å². The van der Waals surface area contributed by atoms with E-state index >= 15 is 0 Å². The van der Waals surface area contributed by atoms with E-state index in [1.165, 1.54) is 30.4 Å². The van der Waals surface area contributed by atoms with Crippen LogP contribution in [0.2, 0.25) is 0 Å². The van der Waals surface area contributed by atoms with Crippen molar-refractivity contribution in [3.8, 4) is 0 Å². The molecule has 5 nitrogen and oxygen atoms in total. The van der Waals surface area contributed by atoms with Crippen molar-refractivity contribution in [3.05, 3.63) is 53.9 Å². The largest absolute Gasteiger partial charge is 0.352 e. The Hall–Kier alpha value is -1.57. The van der Waals surface area contributed by atoms with E-state index in [1.54, 1.807) is 0 Å². The molecule has 1 N–H and O–H groups in total. The molecule has 3 rings (SSSR count). The van der Waals surface area contributed by atoms with Crippen molar-refractivity contribution in [2.75, 3.05) is 20.1 Å². The maximum absolute atomic E-state index is 4.45. The molecular formula is C19H28IN5. The molecule has 0 radical (unpaired) electrons. The first-order valence-electron chi connectivity index (χ1n) is 8.71. The summed E-state index contributed by atoms with van der Waals surface area (Å²) in [6.45, 7) is 2.92. The van der Waals surface area contributed by atoms with E-state index in [0.29, 0.717) is 0 Å². The number of benzene rings is 1. The highest BCUT2D eigenvalue weighted by atomic mass is 127. The predicted octanol–water partition coefficient (Wildman–Crippen LogP) is 3.07. The molecule has 25 heavy (non-hydrogen) atoms. The lowest BCUT2D eigenvalue weighted by Crippen LogP contribution is -2.45. The van der Waals surface area contributed by atoms with Crippen molar-refractivity contribution in [3.63, 3.8) is 0 Å². The van der Waals surface area contributed by atoms with Crippen LogP contribution >= 0.6 is 24.0 Å². The molecule has 0 aliphatic carbocycles. The topological polar surface area (TPSA) is 45.5 Å². The number of aryl methyl sites for hydroxylation is 1. The van der Waals surface area contributed by atoms with Gasteiger partial charge in [-0.25, -0.2) is 0 Å². The van der Waals surface area contributed by atoms with Gasteiger partial charge in [-0.15, -0.1) is 24.0 Å². The lowest BCUT2D eigenvalue weighted by molar-refractivity contribution is 0.259. The molecule has 0 bridgehead atoms. The summed E-state index contributed by atoms with van der Waals surface area (Å²) in [6, 6.07) is 10.8. The van der Waals surface area contributed by atoms with Crippen LogP contribution in [0.1, 0.15) is 24.0 Å². The Morgan fingerprint density at radius 3 is 2.52 bits per heavy atom. The average molecular weight is 453 g/mol. The van der Waals surface area contributed by atoms with Gasteiger partial charge >= 0.3 is 0 Å². The lowest BCUT2D eigenvalue weighted by atomic mass is 9.90. The Labute approximate surface area is 167 Å². The molecule has 1 aromatic carbocycles. The van der Waals surface area contributed by atoms with Gasteiger partial charge in [0.15, 0.2) is 5.96 Å². The van der Waals surface area contributed by atoms with Crippen molar-refractivity contribution in [2.24, 2.45) is 18.0 Å². The van der Waals surface area contributed by atoms with Crippen LogP contribution in [0.25, 0.3) is 0 Å². The zero-order chi connectivity index (χ0) is 16.8. The molecule has 1 aliphatic rings. The summed E-state index contributed by atoms with van der Waals surface area (Å²) in [4.78, 5) is 6.82. The lowest BCUT2D eigenvalue weighted by Gasteiger charge is -2.34. The molecule has 0 saturated carbocycles. The highest BCUT2D eigenvalue weighted by Crippen LogP contribution is 2.21. The second-order valence-electron chi connectivity index (χ2n) is 6.54. The van der Waals surface area contributed by atoms with E-state index in [1.807, 2.05) is 31.2 Å². The quantitative estimate of drug-likeness (QED) is 0.440. The molecule has 2 heterocycles. The number of nitrogens with zero attached hydrogens (tertiary/aromatic N) is 4. The maximum atomic E-state index is 4.45. The maximum Gasteiger partial charge on any atom is 0.193 e. The Morgan fingerprint density at radius 2 is 1.92 bits per heavy atom. The van der Waals surface area contributed by atoms with Crippen LogP contribution in [0, 0.1) is 5.92 Å². The molecule has 0 spiro atoms. The van der Waals surface area contributed by atoms with Crippen LogP contribution in [0.4, 0.5) is 0 Å².